The molecule has 2 aromatic carbocycles. The maximum Gasteiger partial charge on any atom is 0.278 e. The highest BCUT2D eigenvalue weighted by Crippen LogP contribution is 2.37. The number of rotatable bonds is 6. The quantitative estimate of drug-likeness (QED) is 0.292. The van der Waals surface area contributed by atoms with Gasteiger partial charge in [0, 0.05) is 23.0 Å². The SMILES string of the molecule is Cc1ccnc(NC(=O)c2cc(-c3ccc(-c4cccc(S(C)(=O)=O)c4)s3)n(-c3ccccc3Cl)n2)n1. The summed E-state index contributed by atoms with van der Waals surface area (Å²) in [6, 6.07) is 21.2. The fourth-order valence-electron chi connectivity index (χ4n) is 3.66. The van der Waals surface area contributed by atoms with Crippen molar-refractivity contribution in [1.29, 1.82) is 0 Å². The van der Waals surface area contributed by atoms with E-state index in [1.807, 2.05) is 43.3 Å². The molecule has 1 amide bonds. The van der Waals surface area contributed by atoms with Gasteiger partial charge in [-0.15, -0.1) is 11.3 Å². The van der Waals surface area contributed by atoms with Crippen molar-refractivity contribution in [3.05, 3.63) is 95.4 Å². The lowest BCUT2D eigenvalue weighted by Gasteiger charge is -2.08. The second-order valence-corrected chi connectivity index (χ2v) is 11.7. The number of benzene rings is 2. The number of hydrogen-bond acceptors (Lipinski definition) is 7. The fraction of sp³-hybridized carbons (Fsp3) is 0.0769. The summed E-state index contributed by atoms with van der Waals surface area (Å²) in [5, 5.41) is 7.71. The number of thiophene rings is 1. The topological polar surface area (TPSA) is 107 Å². The number of amides is 1. The number of aryl methyl sites for hydroxylation is 1. The molecule has 5 rings (SSSR count). The number of anilines is 1. The minimum Gasteiger partial charge on any atom is -0.289 e. The number of nitrogens with one attached hydrogen (secondary N) is 1. The van der Waals surface area contributed by atoms with Crippen LogP contribution in [0.1, 0.15) is 16.2 Å². The average molecular weight is 550 g/mol. The first kappa shape index (κ1) is 24.8. The molecular formula is C26H20ClN5O3S2. The van der Waals surface area contributed by atoms with Gasteiger partial charge in [-0.05, 0) is 61.0 Å². The number of para-hydroxylation sites is 1. The van der Waals surface area contributed by atoms with Crippen LogP contribution >= 0.6 is 22.9 Å². The lowest BCUT2D eigenvalue weighted by molar-refractivity contribution is 0.102. The van der Waals surface area contributed by atoms with E-state index in [4.69, 9.17) is 11.6 Å². The first-order chi connectivity index (χ1) is 17.7. The van der Waals surface area contributed by atoms with Gasteiger partial charge in [-0.2, -0.15) is 5.10 Å². The maximum absolute atomic E-state index is 13.0. The first-order valence-corrected chi connectivity index (χ1v) is 14.1. The fourth-order valence-corrected chi connectivity index (χ4v) is 5.55. The number of carbonyl (C=O) groups is 1. The lowest BCUT2D eigenvalue weighted by atomic mass is 10.2. The summed E-state index contributed by atoms with van der Waals surface area (Å²) in [5.41, 5.74) is 2.92. The standard InChI is InChI=1S/C26H20ClN5O3S2/c1-16-12-13-28-26(29-16)30-25(33)20-15-22(32(31-20)21-9-4-3-8-19(21)27)24-11-10-23(36-24)17-6-5-7-18(14-17)37(2,34)35/h3-15H,1-2H3,(H,28,29,30,33). The van der Waals surface area contributed by atoms with Crippen molar-refractivity contribution < 1.29 is 13.2 Å². The Balaban J connectivity index is 1.57. The van der Waals surface area contributed by atoms with Crippen LogP contribution in [-0.4, -0.2) is 40.3 Å². The predicted octanol–water partition coefficient (Wildman–Crippen LogP) is 5.68. The summed E-state index contributed by atoms with van der Waals surface area (Å²) in [5.74, 6) is -0.279. The van der Waals surface area contributed by atoms with Gasteiger partial charge in [0.1, 0.15) is 0 Å². The van der Waals surface area contributed by atoms with Gasteiger partial charge in [-0.1, -0.05) is 35.9 Å². The van der Waals surface area contributed by atoms with E-state index in [-0.39, 0.29) is 16.5 Å². The van der Waals surface area contributed by atoms with E-state index < -0.39 is 15.7 Å². The molecule has 0 aliphatic heterocycles. The van der Waals surface area contributed by atoms with E-state index in [1.54, 1.807) is 47.3 Å². The van der Waals surface area contributed by atoms with Gasteiger partial charge in [0.25, 0.3) is 5.91 Å². The normalized spacial score (nSPS) is 11.4. The van der Waals surface area contributed by atoms with Crippen LogP contribution in [0.3, 0.4) is 0 Å². The molecule has 5 aromatic rings. The molecule has 0 saturated carbocycles. The minimum absolute atomic E-state index is 0.161. The van der Waals surface area contributed by atoms with E-state index in [9.17, 15) is 13.2 Å². The van der Waals surface area contributed by atoms with Crippen LogP contribution in [0.5, 0.6) is 0 Å². The Labute approximate surface area is 222 Å². The number of halogens is 1. The maximum atomic E-state index is 13.0. The van der Waals surface area contributed by atoms with E-state index >= 15 is 0 Å². The summed E-state index contributed by atoms with van der Waals surface area (Å²) in [7, 11) is -3.34. The first-order valence-electron chi connectivity index (χ1n) is 11.1. The molecule has 0 unspecified atom stereocenters. The molecule has 0 spiro atoms. The van der Waals surface area contributed by atoms with Crippen molar-refractivity contribution >= 4 is 44.6 Å². The Hall–Kier alpha value is -3.86. The summed E-state index contributed by atoms with van der Waals surface area (Å²) in [6.45, 7) is 1.81. The molecule has 3 aromatic heterocycles. The van der Waals surface area contributed by atoms with Crippen LogP contribution in [0.25, 0.3) is 26.7 Å². The Morgan fingerprint density at radius 2 is 1.78 bits per heavy atom. The van der Waals surface area contributed by atoms with Crippen molar-refractivity contribution in [3.63, 3.8) is 0 Å². The van der Waals surface area contributed by atoms with Gasteiger partial charge < -0.3 is 0 Å². The van der Waals surface area contributed by atoms with Crippen LogP contribution in [0, 0.1) is 6.92 Å². The van der Waals surface area contributed by atoms with Crippen LogP contribution in [-0.2, 0) is 9.84 Å². The summed E-state index contributed by atoms with van der Waals surface area (Å²) in [4.78, 5) is 23.3. The number of carbonyl (C=O) groups excluding carboxylic acids is 1. The van der Waals surface area contributed by atoms with Gasteiger partial charge in [0.05, 0.1) is 26.2 Å². The zero-order chi connectivity index (χ0) is 26.2. The third-order valence-corrected chi connectivity index (χ3v) is 8.03. The third-order valence-electron chi connectivity index (χ3n) is 5.45. The predicted molar refractivity (Wildman–Crippen MR) is 145 cm³/mol. The Morgan fingerprint density at radius 1 is 1.00 bits per heavy atom. The monoisotopic (exact) mass is 549 g/mol. The highest BCUT2D eigenvalue weighted by atomic mass is 35.5. The summed E-state index contributed by atoms with van der Waals surface area (Å²) in [6.07, 6.45) is 2.75. The minimum atomic E-state index is -3.34. The summed E-state index contributed by atoms with van der Waals surface area (Å²) >= 11 is 7.93. The van der Waals surface area contributed by atoms with Crippen LogP contribution in [0.2, 0.25) is 5.02 Å². The molecule has 8 nitrogen and oxygen atoms in total. The molecule has 37 heavy (non-hydrogen) atoms. The molecule has 0 fully saturated rings. The van der Waals surface area contributed by atoms with Crippen molar-refractivity contribution in [2.24, 2.45) is 0 Å². The van der Waals surface area contributed by atoms with Crippen LogP contribution < -0.4 is 5.32 Å². The highest BCUT2D eigenvalue weighted by molar-refractivity contribution is 7.90. The smallest absolute Gasteiger partial charge is 0.278 e. The largest absolute Gasteiger partial charge is 0.289 e. The Morgan fingerprint density at radius 3 is 2.54 bits per heavy atom. The molecule has 1 N–H and O–H groups in total. The van der Waals surface area contributed by atoms with E-state index in [0.717, 1.165) is 21.0 Å². The highest BCUT2D eigenvalue weighted by Gasteiger charge is 2.20. The second-order valence-electron chi connectivity index (χ2n) is 8.22. The van der Waals surface area contributed by atoms with Crippen molar-refractivity contribution in [1.82, 2.24) is 19.7 Å². The van der Waals surface area contributed by atoms with E-state index in [2.05, 4.69) is 20.4 Å². The molecule has 0 aliphatic carbocycles. The van der Waals surface area contributed by atoms with Crippen molar-refractivity contribution in [2.45, 2.75) is 11.8 Å². The average Bonchev–Trinajstić information content (AvgIpc) is 3.52. The lowest BCUT2D eigenvalue weighted by Crippen LogP contribution is -2.15. The number of nitrogens with zero attached hydrogens (tertiary/aromatic N) is 4. The molecule has 0 atom stereocenters. The molecule has 0 aliphatic rings. The van der Waals surface area contributed by atoms with Crippen molar-refractivity contribution in [3.8, 4) is 26.7 Å². The zero-order valence-electron chi connectivity index (χ0n) is 19.7. The van der Waals surface area contributed by atoms with E-state index in [0.29, 0.717) is 16.4 Å². The third kappa shape index (κ3) is 5.31. The summed E-state index contributed by atoms with van der Waals surface area (Å²) < 4.78 is 25.7. The van der Waals surface area contributed by atoms with Crippen LogP contribution in [0.15, 0.2) is 83.9 Å². The second kappa shape index (κ2) is 9.89. The molecule has 186 valence electrons. The van der Waals surface area contributed by atoms with Crippen LogP contribution in [0.4, 0.5) is 5.95 Å². The number of sulfone groups is 1. The molecule has 3 heterocycles. The Kier molecular flexibility index (Phi) is 6.63. The molecular weight excluding hydrogens is 530 g/mol. The van der Waals surface area contributed by atoms with Gasteiger partial charge in [-0.25, -0.2) is 23.1 Å². The van der Waals surface area contributed by atoms with Crippen molar-refractivity contribution in [2.75, 3.05) is 11.6 Å². The molecule has 0 saturated heterocycles. The number of hydrogen-bond donors (Lipinski definition) is 1. The zero-order valence-corrected chi connectivity index (χ0v) is 22.1. The molecule has 0 radical (unpaired) electrons. The molecule has 11 heteroatoms. The van der Waals surface area contributed by atoms with Gasteiger partial charge in [0.15, 0.2) is 15.5 Å². The number of aromatic nitrogens is 4. The van der Waals surface area contributed by atoms with Gasteiger partial charge >= 0.3 is 0 Å². The van der Waals surface area contributed by atoms with Gasteiger partial charge in [-0.3, -0.25) is 10.1 Å². The van der Waals surface area contributed by atoms with E-state index in [1.165, 1.54) is 17.6 Å². The van der Waals surface area contributed by atoms with Gasteiger partial charge in [0.2, 0.25) is 5.95 Å². The Bertz CT molecular complexity index is 1740. The molecule has 0 bridgehead atoms.